The van der Waals surface area contributed by atoms with Crippen molar-refractivity contribution >= 4 is 11.9 Å². The zero-order valence-electron chi connectivity index (χ0n) is 7.11. The van der Waals surface area contributed by atoms with Gasteiger partial charge in [0.1, 0.15) is 6.10 Å². The molecule has 4 nitrogen and oxygen atoms in total. The van der Waals surface area contributed by atoms with Crippen molar-refractivity contribution in [3.63, 3.8) is 0 Å². The summed E-state index contributed by atoms with van der Waals surface area (Å²) in [5, 5.41) is 8.32. The van der Waals surface area contributed by atoms with Gasteiger partial charge in [-0.1, -0.05) is 6.08 Å². The summed E-state index contributed by atoms with van der Waals surface area (Å²) in [5.74, 6) is -1.48. The highest BCUT2D eigenvalue weighted by Crippen LogP contribution is 1.98. The van der Waals surface area contributed by atoms with Crippen LogP contribution in [0.2, 0.25) is 0 Å². The molecule has 0 aromatic rings. The van der Waals surface area contributed by atoms with Gasteiger partial charge in [0.2, 0.25) is 0 Å². The first-order valence-corrected chi connectivity index (χ1v) is 3.61. The first kappa shape index (κ1) is 10.7. The third kappa shape index (κ3) is 5.46. The van der Waals surface area contributed by atoms with E-state index < -0.39 is 18.0 Å². The third-order valence-corrected chi connectivity index (χ3v) is 1.08. The zero-order chi connectivity index (χ0) is 9.56. The van der Waals surface area contributed by atoms with E-state index in [-0.39, 0.29) is 6.42 Å². The number of carboxylic acid groups (broad SMARTS) is 1. The van der Waals surface area contributed by atoms with Crippen molar-refractivity contribution in [3.8, 4) is 0 Å². The van der Waals surface area contributed by atoms with E-state index in [0.717, 1.165) is 0 Å². The van der Waals surface area contributed by atoms with Crippen LogP contribution in [0.3, 0.4) is 0 Å². The SMILES string of the molecule is CC=CC(=O)OC(C)CC(=O)O. The number of aliphatic carboxylic acids is 1. The molecule has 68 valence electrons. The minimum absolute atomic E-state index is 0.163. The van der Waals surface area contributed by atoms with Gasteiger partial charge in [-0.25, -0.2) is 4.79 Å². The summed E-state index contributed by atoms with van der Waals surface area (Å²) in [6.07, 6.45) is 2.04. The second-order valence-corrected chi connectivity index (χ2v) is 2.35. The zero-order valence-corrected chi connectivity index (χ0v) is 7.11. The molecule has 0 rings (SSSR count). The molecule has 0 aliphatic rings. The molecule has 0 radical (unpaired) electrons. The number of rotatable bonds is 4. The van der Waals surface area contributed by atoms with E-state index in [9.17, 15) is 9.59 Å². The molecule has 0 heterocycles. The van der Waals surface area contributed by atoms with Crippen molar-refractivity contribution < 1.29 is 19.4 Å². The van der Waals surface area contributed by atoms with Gasteiger partial charge in [0, 0.05) is 6.08 Å². The molecule has 0 aromatic heterocycles. The molecule has 0 aliphatic heterocycles. The van der Waals surface area contributed by atoms with Gasteiger partial charge in [-0.05, 0) is 13.8 Å². The molecule has 0 amide bonds. The smallest absolute Gasteiger partial charge is 0.330 e. The van der Waals surface area contributed by atoms with E-state index in [4.69, 9.17) is 9.84 Å². The second kappa shape index (κ2) is 5.35. The molecule has 0 fully saturated rings. The predicted octanol–water partition coefficient (Wildman–Crippen LogP) is 0.969. The molecule has 12 heavy (non-hydrogen) atoms. The van der Waals surface area contributed by atoms with E-state index >= 15 is 0 Å². The molecule has 1 unspecified atom stereocenters. The Morgan fingerprint density at radius 1 is 1.58 bits per heavy atom. The summed E-state index contributed by atoms with van der Waals surface area (Å²) in [5.41, 5.74) is 0. The molecule has 0 bridgehead atoms. The summed E-state index contributed by atoms with van der Waals surface area (Å²) < 4.78 is 4.70. The third-order valence-electron chi connectivity index (χ3n) is 1.08. The Morgan fingerprint density at radius 2 is 2.17 bits per heavy atom. The first-order chi connectivity index (χ1) is 5.56. The highest BCUT2D eigenvalue weighted by molar-refractivity contribution is 5.82. The monoisotopic (exact) mass is 172 g/mol. The molecule has 0 saturated heterocycles. The number of hydrogen-bond acceptors (Lipinski definition) is 3. The first-order valence-electron chi connectivity index (χ1n) is 3.61. The molecule has 1 N–H and O–H groups in total. The largest absolute Gasteiger partial charge is 0.481 e. The lowest BCUT2D eigenvalue weighted by atomic mass is 10.3. The summed E-state index contributed by atoms with van der Waals surface area (Å²) in [7, 11) is 0. The Balaban J connectivity index is 3.76. The van der Waals surface area contributed by atoms with E-state index in [1.807, 2.05) is 0 Å². The highest BCUT2D eigenvalue weighted by atomic mass is 16.5. The maximum Gasteiger partial charge on any atom is 0.330 e. The van der Waals surface area contributed by atoms with Gasteiger partial charge in [-0.2, -0.15) is 0 Å². The molecular weight excluding hydrogens is 160 g/mol. The molecule has 0 aliphatic carbocycles. The van der Waals surface area contributed by atoms with Crippen LogP contribution in [0.4, 0.5) is 0 Å². The van der Waals surface area contributed by atoms with Crippen molar-refractivity contribution in [2.24, 2.45) is 0 Å². The Bertz CT molecular complexity index is 195. The van der Waals surface area contributed by atoms with Gasteiger partial charge in [0.05, 0.1) is 6.42 Å². The van der Waals surface area contributed by atoms with Gasteiger partial charge in [0.25, 0.3) is 0 Å². The Kier molecular flexibility index (Phi) is 4.76. The Hall–Kier alpha value is -1.32. The Labute approximate surface area is 70.8 Å². The summed E-state index contributed by atoms with van der Waals surface area (Å²) >= 11 is 0. The number of allylic oxidation sites excluding steroid dienone is 1. The minimum Gasteiger partial charge on any atom is -0.481 e. The van der Waals surface area contributed by atoms with Gasteiger partial charge < -0.3 is 9.84 Å². The van der Waals surface area contributed by atoms with Gasteiger partial charge in [-0.15, -0.1) is 0 Å². The van der Waals surface area contributed by atoms with Crippen LogP contribution in [0.1, 0.15) is 20.3 Å². The number of esters is 1. The number of hydrogen-bond donors (Lipinski definition) is 1. The molecule has 0 saturated carbocycles. The summed E-state index contributed by atoms with van der Waals surface area (Å²) in [6.45, 7) is 3.22. The number of carbonyl (C=O) groups is 2. The lowest BCUT2D eigenvalue weighted by molar-refractivity contribution is -0.147. The van der Waals surface area contributed by atoms with E-state index in [2.05, 4.69) is 0 Å². The predicted molar refractivity (Wildman–Crippen MR) is 42.6 cm³/mol. The highest BCUT2D eigenvalue weighted by Gasteiger charge is 2.10. The average molecular weight is 172 g/mol. The lowest BCUT2D eigenvalue weighted by Gasteiger charge is -2.07. The maximum atomic E-state index is 10.7. The van der Waals surface area contributed by atoms with Crippen molar-refractivity contribution in [1.29, 1.82) is 0 Å². The Morgan fingerprint density at radius 3 is 2.58 bits per heavy atom. The van der Waals surface area contributed by atoms with Gasteiger partial charge >= 0.3 is 11.9 Å². The topological polar surface area (TPSA) is 63.6 Å². The van der Waals surface area contributed by atoms with Crippen molar-refractivity contribution in [3.05, 3.63) is 12.2 Å². The van der Waals surface area contributed by atoms with Gasteiger partial charge in [0.15, 0.2) is 0 Å². The number of carbonyl (C=O) groups excluding carboxylic acids is 1. The van der Waals surface area contributed by atoms with Crippen LogP contribution in [0.15, 0.2) is 12.2 Å². The second-order valence-electron chi connectivity index (χ2n) is 2.35. The minimum atomic E-state index is -0.976. The van der Waals surface area contributed by atoms with Crippen LogP contribution in [0.25, 0.3) is 0 Å². The fourth-order valence-corrected chi connectivity index (χ4v) is 0.661. The van der Waals surface area contributed by atoms with E-state index in [1.54, 1.807) is 6.92 Å². The van der Waals surface area contributed by atoms with Crippen molar-refractivity contribution in [1.82, 2.24) is 0 Å². The fourth-order valence-electron chi connectivity index (χ4n) is 0.661. The van der Waals surface area contributed by atoms with Crippen LogP contribution in [-0.2, 0) is 14.3 Å². The van der Waals surface area contributed by atoms with Crippen LogP contribution < -0.4 is 0 Å². The summed E-state index contributed by atoms with van der Waals surface area (Å²) in [6, 6.07) is 0. The van der Waals surface area contributed by atoms with Crippen LogP contribution in [0.5, 0.6) is 0 Å². The van der Waals surface area contributed by atoms with Crippen LogP contribution in [-0.4, -0.2) is 23.1 Å². The molecule has 0 aromatic carbocycles. The normalized spacial score (nSPS) is 12.8. The molecule has 4 heteroatoms. The fraction of sp³-hybridized carbons (Fsp3) is 0.500. The average Bonchev–Trinajstić information content (AvgIpc) is 1.84. The quantitative estimate of drug-likeness (QED) is 0.507. The lowest BCUT2D eigenvalue weighted by Crippen LogP contribution is -2.16. The molecular formula is C8H12O4. The number of carboxylic acids is 1. The van der Waals surface area contributed by atoms with Crippen molar-refractivity contribution in [2.45, 2.75) is 26.4 Å². The van der Waals surface area contributed by atoms with Crippen molar-refractivity contribution in [2.75, 3.05) is 0 Å². The van der Waals surface area contributed by atoms with Crippen LogP contribution in [0, 0.1) is 0 Å². The van der Waals surface area contributed by atoms with Crippen LogP contribution >= 0.6 is 0 Å². The summed E-state index contributed by atoms with van der Waals surface area (Å²) in [4.78, 5) is 20.9. The molecule has 1 atom stereocenters. The maximum absolute atomic E-state index is 10.7. The standard InChI is InChI=1S/C8H12O4/c1-3-4-8(11)12-6(2)5-7(9)10/h3-4,6H,5H2,1-2H3,(H,9,10). The number of ether oxygens (including phenoxy) is 1. The van der Waals surface area contributed by atoms with E-state index in [1.165, 1.54) is 19.1 Å². The van der Waals surface area contributed by atoms with Gasteiger partial charge in [-0.3, -0.25) is 4.79 Å². The van der Waals surface area contributed by atoms with E-state index in [0.29, 0.717) is 0 Å². The molecule has 0 spiro atoms.